The van der Waals surface area contributed by atoms with Crippen molar-refractivity contribution in [1.29, 1.82) is 5.26 Å². The number of hydrogen-bond acceptors (Lipinski definition) is 1. The summed E-state index contributed by atoms with van der Waals surface area (Å²) < 4.78 is 0. The third-order valence-corrected chi connectivity index (χ3v) is 4.13. The van der Waals surface area contributed by atoms with Crippen molar-refractivity contribution in [2.24, 2.45) is 5.92 Å². The molecule has 1 nitrogen and oxygen atoms in total. The zero-order chi connectivity index (χ0) is 13.5. The van der Waals surface area contributed by atoms with Crippen LogP contribution in [0, 0.1) is 17.2 Å². The Morgan fingerprint density at radius 2 is 1.95 bits per heavy atom. The van der Waals surface area contributed by atoms with E-state index in [1.54, 1.807) is 0 Å². The van der Waals surface area contributed by atoms with Crippen LogP contribution in [0.25, 0.3) is 0 Å². The molecule has 0 N–H and O–H groups in total. The summed E-state index contributed by atoms with van der Waals surface area (Å²) in [7, 11) is 0. The quantitative estimate of drug-likeness (QED) is 0.677. The van der Waals surface area contributed by atoms with E-state index in [1.807, 2.05) is 12.1 Å². The molecule has 19 heavy (non-hydrogen) atoms. The molecule has 1 fully saturated rings. The van der Waals surface area contributed by atoms with Gasteiger partial charge in [0.05, 0.1) is 11.6 Å². The van der Waals surface area contributed by atoms with Crippen LogP contribution >= 0.6 is 0 Å². The summed E-state index contributed by atoms with van der Waals surface area (Å²) >= 11 is 0. The van der Waals surface area contributed by atoms with Crippen molar-refractivity contribution < 1.29 is 0 Å². The molecule has 2 unspecified atom stereocenters. The summed E-state index contributed by atoms with van der Waals surface area (Å²) in [5, 5.41) is 8.87. The van der Waals surface area contributed by atoms with E-state index in [9.17, 15) is 0 Å². The van der Waals surface area contributed by atoms with E-state index in [-0.39, 0.29) is 0 Å². The summed E-state index contributed by atoms with van der Waals surface area (Å²) in [4.78, 5) is 0. The molecule has 1 aliphatic rings. The molecule has 100 valence electrons. The number of nitriles is 1. The van der Waals surface area contributed by atoms with Gasteiger partial charge in [-0.3, -0.25) is 0 Å². The van der Waals surface area contributed by atoms with Crippen molar-refractivity contribution in [3.8, 4) is 6.07 Å². The Kier molecular flexibility index (Phi) is 5.21. The first-order chi connectivity index (χ1) is 9.35. The molecule has 0 radical (unpaired) electrons. The monoisotopic (exact) mass is 253 g/mol. The maximum atomic E-state index is 8.87. The lowest BCUT2D eigenvalue weighted by molar-refractivity contribution is 0.361. The Bertz CT molecular complexity index is 450. The van der Waals surface area contributed by atoms with Gasteiger partial charge in [-0.05, 0) is 48.8 Å². The van der Waals surface area contributed by atoms with Crippen LogP contribution in [0.2, 0.25) is 0 Å². The molecule has 0 saturated heterocycles. The minimum absolute atomic E-state index is 0.648. The van der Waals surface area contributed by atoms with Gasteiger partial charge in [0.15, 0.2) is 0 Å². The van der Waals surface area contributed by atoms with Crippen molar-refractivity contribution in [2.75, 3.05) is 0 Å². The molecule has 2 atom stereocenters. The van der Waals surface area contributed by atoms with Gasteiger partial charge >= 0.3 is 0 Å². The third-order valence-electron chi connectivity index (χ3n) is 4.13. The van der Waals surface area contributed by atoms with E-state index >= 15 is 0 Å². The van der Waals surface area contributed by atoms with Crippen molar-refractivity contribution >= 4 is 0 Å². The van der Waals surface area contributed by atoms with Gasteiger partial charge in [0.25, 0.3) is 0 Å². The smallest absolute Gasteiger partial charge is 0.0991 e. The maximum Gasteiger partial charge on any atom is 0.0991 e. The first kappa shape index (κ1) is 13.9. The molecule has 0 amide bonds. The standard InChI is InChI=1S/C18H23N/c1-2-3-4-7-16-8-5-6-9-18(16)17-12-10-15(14-19)11-13-17/h4,7,10-13,16,18H,2-3,5-6,8-9H2,1H3/b7-4+. The molecule has 1 heteroatoms. The molecule has 1 saturated carbocycles. The van der Waals surface area contributed by atoms with Gasteiger partial charge in [0.1, 0.15) is 0 Å². The Hall–Kier alpha value is -1.55. The predicted octanol–water partition coefficient (Wildman–Crippen LogP) is 5.19. The zero-order valence-corrected chi connectivity index (χ0v) is 11.8. The normalized spacial score (nSPS) is 23.4. The van der Waals surface area contributed by atoms with Crippen LogP contribution in [0.1, 0.15) is 62.5 Å². The van der Waals surface area contributed by atoms with Crippen LogP contribution in [-0.2, 0) is 0 Å². The van der Waals surface area contributed by atoms with Crippen molar-refractivity contribution in [3.05, 3.63) is 47.5 Å². The van der Waals surface area contributed by atoms with E-state index in [4.69, 9.17) is 5.26 Å². The molecule has 1 aliphatic carbocycles. The lowest BCUT2D eigenvalue weighted by Crippen LogP contribution is -2.15. The number of hydrogen-bond donors (Lipinski definition) is 0. The molecule has 0 aromatic heterocycles. The highest BCUT2D eigenvalue weighted by Gasteiger charge is 2.24. The summed E-state index contributed by atoms with van der Waals surface area (Å²) in [6.45, 7) is 2.23. The van der Waals surface area contributed by atoms with Gasteiger partial charge in [0.2, 0.25) is 0 Å². The predicted molar refractivity (Wildman–Crippen MR) is 79.9 cm³/mol. The maximum absolute atomic E-state index is 8.87. The molecular weight excluding hydrogens is 230 g/mol. The lowest BCUT2D eigenvalue weighted by atomic mass is 9.75. The molecule has 0 bridgehead atoms. The first-order valence-corrected chi connectivity index (χ1v) is 7.52. The highest BCUT2D eigenvalue weighted by atomic mass is 14.3. The van der Waals surface area contributed by atoms with Crippen molar-refractivity contribution in [1.82, 2.24) is 0 Å². The van der Waals surface area contributed by atoms with Crippen molar-refractivity contribution in [2.45, 2.75) is 51.4 Å². The lowest BCUT2D eigenvalue weighted by Gasteiger charge is -2.30. The van der Waals surface area contributed by atoms with E-state index in [1.165, 1.54) is 44.1 Å². The minimum Gasteiger partial charge on any atom is -0.192 e. The van der Waals surface area contributed by atoms with Crippen LogP contribution in [0.3, 0.4) is 0 Å². The molecular formula is C18H23N. The first-order valence-electron chi connectivity index (χ1n) is 7.52. The number of nitrogens with zero attached hydrogens (tertiary/aromatic N) is 1. The Labute approximate surface area is 117 Å². The van der Waals surface area contributed by atoms with Crippen molar-refractivity contribution in [3.63, 3.8) is 0 Å². The van der Waals surface area contributed by atoms with Gasteiger partial charge in [-0.15, -0.1) is 0 Å². The Morgan fingerprint density at radius 3 is 2.63 bits per heavy atom. The van der Waals surface area contributed by atoms with Crippen LogP contribution in [0.5, 0.6) is 0 Å². The van der Waals surface area contributed by atoms with Gasteiger partial charge in [-0.25, -0.2) is 0 Å². The van der Waals surface area contributed by atoms with E-state index in [0.717, 1.165) is 5.56 Å². The highest BCUT2D eigenvalue weighted by Crippen LogP contribution is 2.38. The van der Waals surface area contributed by atoms with E-state index in [0.29, 0.717) is 11.8 Å². The second-order valence-electron chi connectivity index (χ2n) is 5.51. The van der Waals surface area contributed by atoms with E-state index in [2.05, 4.69) is 37.3 Å². The largest absolute Gasteiger partial charge is 0.192 e. The fraction of sp³-hybridized carbons (Fsp3) is 0.500. The van der Waals surface area contributed by atoms with Crippen LogP contribution in [0.4, 0.5) is 0 Å². The summed E-state index contributed by atoms with van der Waals surface area (Å²) in [6, 6.07) is 10.4. The Balaban J connectivity index is 2.11. The second kappa shape index (κ2) is 7.14. The topological polar surface area (TPSA) is 23.8 Å². The molecule has 1 aromatic rings. The van der Waals surface area contributed by atoms with Gasteiger partial charge < -0.3 is 0 Å². The number of benzene rings is 1. The molecule has 1 aromatic carbocycles. The number of unbranched alkanes of at least 4 members (excludes halogenated alkanes) is 1. The van der Waals surface area contributed by atoms with Gasteiger partial charge in [0, 0.05) is 0 Å². The minimum atomic E-state index is 0.648. The highest BCUT2D eigenvalue weighted by molar-refractivity contribution is 5.33. The zero-order valence-electron chi connectivity index (χ0n) is 11.8. The molecule has 0 heterocycles. The van der Waals surface area contributed by atoms with Crippen LogP contribution in [-0.4, -0.2) is 0 Å². The summed E-state index contributed by atoms with van der Waals surface area (Å²) in [5.41, 5.74) is 2.17. The van der Waals surface area contributed by atoms with Crippen LogP contribution < -0.4 is 0 Å². The van der Waals surface area contributed by atoms with Gasteiger partial charge in [-0.1, -0.05) is 50.5 Å². The fourth-order valence-corrected chi connectivity index (χ4v) is 3.05. The fourth-order valence-electron chi connectivity index (χ4n) is 3.05. The molecule has 0 aliphatic heterocycles. The average molecular weight is 253 g/mol. The van der Waals surface area contributed by atoms with Gasteiger partial charge in [-0.2, -0.15) is 5.26 Å². The second-order valence-corrected chi connectivity index (χ2v) is 5.51. The van der Waals surface area contributed by atoms with E-state index < -0.39 is 0 Å². The molecule has 2 rings (SSSR count). The summed E-state index contributed by atoms with van der Waals surface area (Å²) in [5.74, 6) is 1.34. The average Bonchev–Trinajstić information content (AvgIpc) is 2.48. The van der Waals surface area contributed by atoms with Crippen LogP contribution in [0.15, 0.2) is 36.4 Å². The Morgan fingerprint density at radius 1 is 1.21 bits per heavy atom. The third kappa shape index (κ3) is 3.70. The number of allylic oxidation sites excluding steroid dienone is 2. The number of rotatable bonds is 4. The summed E-state index contributed by atoms with van der Waals surface area (Å²) in [6.07, 6.45) is 12.5. The SMILES string of the molecule is CCC/C=C/C1CCCCC1c1ccc(C#N)cc1. The molecule has 0 spiro atoms.